The Morgan fingerprint density at radius 2 is 2.11 bits per heavy atom. The van der Waals surface area contributed by atoms with Crippen molar-refractivity contribution in [2.45, 2.75) is 70.0 Å². The summed E-state index contributed by atoms with van der Waals surface area (Å²) in [5.41, 5.74) is 5.53. The fourth-order valence-corrected chi connectivity index (χ4v) is 3.46. The lowest BCUT2D eigenvalue weighted by atomic mass is 9.94. The van der Waals surface area contributed by atoms with Crippen molar-refractivity contribution >= 4 is 5.91 Å². The molecule has 0 bridgehead atoms. The van der Waals surface area contributed by atoms with Gasteiger partial charge in [0.15, 0.2) is 0 Å². The highest BCUT2D eigenvalue weighted by atomic mass is 16.1. The molecule has 0 aromatic rings. The van der Waals surface area contributed by atoms with Crippen molar-refractivity contribution in [1.82, 2.24) is 10.2 Å². The summed E-state index contributed by atoms with van der Waals surface area (Å²) in [5, 5.41) is 3.59. The summed E-state index contributed by atoms with van der Waals surface area (Å²) in [6.45, 7) is 4.43. The first-order valence-corrected chi connectivity index (χ1v) is 7.47. The summed E-state index contributed by atoms with van der Waals surface area (Å²) in [6, 6.07) is 1.06. The van der Waals surface area contributed by atoms with Gasteiger partial charge in [0.1, 0.15) is 0 Å². The van der Waals surface area contributed by atoms with Crippen LogP contribution in [0.4, 0.5) is 0 Å². The molecule has 0 radical (unpaired) electrons. The fourth-order valence-electron chi connectivity index (χ4n) is 3.46. The molecule has 3 atom stereocenters. The Morgan fingerprint density at radius 3 is 2.78 bits per heavy atom. The van der Waals surface area contributed by atoms with Gasteiger partial charge in [0, 0.05) is 12.1 Å². The number of rotatable bonds is 4. The second-order valence-corrected chi connectivity index (χ2v) is 5.88. The minimum absolute atomic E-state index is 0.0302. The monoisotopic (exact) mass is 253 g/mol. The highest BCUT2D eigenvalue weighted by molar-refractivity contribution is 5.79. The molecule has 0 spiro atoms. The number of nitrogens with one attached hydrogen (secondary N) is 1. The van der Waals surface area contributed by atoms with Crippen LogP contribution >= 0.6 is 0 Å². The van der Waals surface area contributed by atoms with Gasteiger partial charge in [-0.15, -0.1) is 0 Å². The zero-order chi connectivity index (χ0) is 13.0. The van der Waals surface area contributed by atoms with Crippen LogP contribution in [0.15, 0.2) is 0 Å². The van der Waals surface area contributed by atoms with E-state index in [0.717, 1.165) is 32.4 Å². The Hall–Kier alpha value is -0.610. The molecule has 1 amide bonds. The molecule has 2 fully saturated rings. The lowest BCUT2D eigenvalue weighted by Gasteiger charge is -2.40. The quantitative estimate of drug-likeness (QED) is 0.792. The van der Waals surface area contributed by atoms with Crippen LogP contribution in [0.1, 0.15) is 51.9 Å². The summed E-state index contributed by atoms with van der Waals surface area (Å²) < 4.78 is 0. The van der Waals surface area contributed by atoms with Gasteiger partial charge in [-0.25, -0.2) is 0 Å². The smallest absolute Gasteiger partial charge is 0.234 e. The molecule has 2 heterocycles. The maximum atomic E-state index is 11.5. The average Bonchev–Trinajstić information content (AvgIpc) is 2.40. The molecule has 0 aromatic carbocycles. The molecule has 2 aliphatic rings. The SMILES string of the molecule is CC(CC1CCCCN1)N1CCCCC1C(N)=O. The Bertz CT molecular complexity index is 276. The number of amides is 1. The van der Waals surface area contributed by atoms with E-state index in [2.05, 4.69) is 17.1 Å². The third-order valence-electron chi connectivity index (χ3n) is 4.48. The number of piperidine rings is 2. The Labute approximate surface area is 110 Å². The molecule has 2 saturated heterocycles. The van der Waals surface area contributed by atoms with E-state index in [1.165, 1.54) is 25.7 Å². The molecule has 0 aromatic heterocycles. The molecule has 0 aliphatic carbocycles. The summed E-state index contributed by atoms with van der Waals surface area (Å²) in [7, 11) is 0. The molecule has 3 N–H and O–H groups in total. The van der Waals surface area contributed by atoms with Gasteiger partial charge in [-0.05, 0) is 52.1 Å². The molecule has 4 heteroatoms. The number of nitrogens with zero attached hydrogens (tertiary/aromatic N) is 1. The normalized spacial score (nSPS) is 32.1. The van der Waals surface area contributed by atoms with Crippen molar-refractivity contribution in [2.24, 2.45) is 5.73 Å². The van der Waals surface area contributed by atoms with Crippen molar-refractivity contribution in [3.63, 3.8) is 0 Å². The zero-order valence-electron chi connectivity index (χ0n) is 11.5. The predicted octanol–water partition coefficient (Wildman–Crippen LogP) is 1.25. The minimum atomic E-state index is -0.141. The van der Waals surface area contributed by atoms with E-state index in [4.69, 9.17) is 5.73 Å². The Morgan fingerprint density at radius 1 is 1.33 bits per heavy atom. The predicted molar refractivity (Wildman–Crippen MR) is 73.3 cm³/mol. The van der Waals surface area contributed by atoms with Gasteiger partial charge >= 0.3 is 0 Å². The minimum Gasteiger partial charge on any atom is -0.368 e. The maximum absolute atomic E-state index is 11.5. The molecule has 4 nitrogen and oxygen atoms in total. The fraction of sp³-hybridized carbons (Fsp3) is 0.929. The first kappa shape index (κ1) is 13.8. The molecule has 2 aliphatic heterocycles. The standard InChI is InChI=1S/C14H27N3O/c1-11(10-12-6-2-4-8-16-12)17-9-5-3-7-13(17)14(15)18/h11-13,16H,2-10H2,1H3,(H2,15,18). The van der Waals surface area contributed by atoms with E-state index in [-0.39, 0.29) is 11.9 Å². The van der Waals surface area contributed by atoms with Crippen molar-refractivity contribution in [1.29, 1.82) is 0 Å². The zero-order valence-corrected chi connectivity index (χ0v) is 11.5. The van der Waals surface area contributed by atoms with Gasteiger partial charge in [-0.3, -0.25) is 9.69 Å². The van der Waals surface area contributed by atoms with Crippen LogP contribution in [0.3, 0.4) is 0 Å². The van der Waals surface area contributed by atoms with Crippen LogP contribution in [0, 0.1) is 0 Å². The summed E-state index contributed by atoms with van der Waals surface area (Å²) in [5.74, 6) is -0.141. The summed E-state index contributed by atoms with van der Waals surface area (Å²) in [6.07, 6.45) is 8.34. The van der Waals surface area contributed by atoms with Crippen LogP contribution in [0.25, 0.3) is 0 Å². The lowest BCUT2D eigenvalue weighted by molar-refractivity contribution is -0.125. The van der Waals surface area contributed by atoms with Gasteiger partial charge in [0.2, 0.25) is 5.91 Å². The van der Waals surface area contributed by atoms with E-state index in [9.17, 15) is 4.79 Å². The Kier molecular flexibility index (Phi) is 5.01. The van der Waals surface area contributed by atoms with Gasteiger partial charge < -0.3 is 11.1 Å². The second-order valence-electron chi connectivity index (χ2n) is 5.88. The first-order chi connectivity index (χ1) is 8.68. The molecule has 3 unspecified atom stereocenters. The largest absolute Gasteiger partial charge is 0.368 e. The second kappa shape index (κ2) is 6.53. The van der Waals surface area contributed by atoms with E-state index >= 15 is 0 Å². The number of nitrogens with two attached hydrogens (primary N) is 1. The number of carbonyl (C=O) groups is 1. The van der Waals surface area contributed by atoms with Crippen LogP contribution in [-0.2, 0) is 4.79 Å². The third-order valence-corrected chi connectivity index (χ3v) is 4.48. The Balaban J connectivity index is 1.88. The maximum Gasteiger partial charge on any atom is 0.234 e. The summed E-state index contributed by atoms with van der Waals surface area (Å²) in [4.78, 5) is 13.9. The van der Waals surface area contributed by atoms with Crippen molar-refractivity contribution in [2.75, 3.05) is 13.1 Å². The molecule has 2 rings (SSSR count). The highest BCUT2D eigenvalue weighted by Gasteiger charge is 2.31. The van der Waals surface area contributed by atoms with E-state index in [1.807, 2.05) is 0 Å². The number of hydrogen-bond acceptors (Lipinski definition) is 3. The number of carbonyl (C=O) groups excluding carboxylic acids is 1. The van der Waals surface area contributed by atoms with E-state index in [0.29, 0.717) is 12.1 Å². The van der Waals surface area contributed by atoms with Crippen molar-refractivity contribution < 1.29 is 4.79 Å². The van der Waals surface area contributed by atoms with Crippen LogP contribution in [0.2, 0.25) is 0 Å². The van der Waals surface area contributed by atoms with E-state index < -0.39 is 0 Å². The third kappa shape index (κ3) is 3.45. The molecular formula is C14H27N3O. The van der Waals surface area contributed by atoms with Crippen LogP contribution in [0.5, 0.6) is 0 Å². The number of likely N-dealkylation sites (tertiary alicyclic amines) is 1. The average molecular weight is 253 g/mol. The number of hydrogen-bond donors (Lipinski definition) is 2. The van der Waals surface area contributed by atoms with Crippen LogP contribution in [-0.4, -0.2) is 42.0 Å². The van der Waals surface area contributed by atoms with Gasteiger partial charge in [0.25, 0.3) is 0 Å². The first-order valence-electron chi connectivity index (χ1n) is 7.47. The lowest BCUT2D eigenvalue weighted by Crippen LogP contribution is -2.53. The van der Waals surface area contributed by atoms with Gasteiger partial charge in [-0.2, -0.15) is 0 Å². The number of primary amides is 1. The van der Waals surface area contributed by atoms with Gasteiger partial charge in [-0.1, -0.05) is 12.8 Å². The highest BCUT2D eigenvalue weighted by Crippen LogP contribution is 2.23. The van der Waals surface area contributed by atoms with Crippen molar-refractivity contribution in [3.05, 3.63) is 0 Å². The molecule has 18 heavy (non-hydrogen) atoms. The molecule has 0 saturated carbocycles. The molecule has 104 valence electrons. The van der Waals surface area contributed by atoms with E-state index in [1.54, 1.807) is 0 Å². The summed E-state index contributed by atoms with van der Waals surface area (Å²) >= 11 is 0. The molecular weight excluding hydrogens is 226 g/mol. The topological polar surface area (TPSA) is 58.4 Å². The van der Waals surface area contributed by atoms with Crippen LogP contribution < -0.4 is 11.1 Å². The van der Waals surface area contributed by atoms with Crippen molar-refractivity contribution in [3.8, 4) is 0 Å². The van der Waals surface area contributed by atoms with Gasteiger partial charge in [0.05, 0.1) is 6.04 Å².